The number of hydrogen-bond acceptors (Lipinski definition) is 2. The quantitative estimate of drug-likeness (QED) is 0.454. The van der Waals surface area contributed by atoms with Crippen molar-refractivity contribution in [2.24, 2.45) is 0 Å². The lowest BCUT2D eigenvalue weighted by atomic mass is 9.79. The Morgan fingerprint density at radius 3 is 1.84 bits per heavy atom. The number of carbonyl (C=O) groups excluding carboxylic acids is 1. The Bertz CT molecular complexity index is 760. The molecule has 0 heterocycles. The van der Waals surface area contributed by atoms with E-state index in [9.17, 15) is 4.79 Å². The average Bonchev–Trinajstić information content (AvgIpc) is 2.48. The monoisotopic (exact) mass is 358 g/mol. The van der Waals surface area contributed by atoms with Crippen LogP contribution < -0.4 is 4.74 Å². The highest BCUT2D eigenvalue weighted by Crippen LogP contribution is 2.31. The van der Waals surface area contributed by atoms with E-state index in [2.05, 4.69) is 47.6 Å². The molecular formula is C22H27ClO2. The molecule has 0 aliphatic rings. The van der Waals surface area contributed by atoms with Gasteiger partial charge in [0, 0.05) is 5.02 Å². The zero-order valence-corrected chi connectivity index (χ0v) is 16.9. The summed E-state index contributed by atoms with van der Waals surface area (Å²) in [6.07, 6.45) is 0. The van der Waals surface area contributed by atoms with Gasteiger partial charge in [0.2, 0.25) is 0 Å². The minimum Gasteiger partial charge on any atom is -0.423 e. The van der Waals surface area contributed by atoms with Crippen LogP contribution in [-0.2, 0) is 10.8 Å². The van der Waals surface area contributed by atoms with Crippen molar-refractivity contribution in [1.29, 1.82) is 0 Å². The van der Waals surface area contributed by atoms with Gasteiger partial charge in [0.05, 0.1) is 5.56 Å². The van der Waals surface area contributed by atoms with E-state index < -0.39 is 0 Å². The molecule has 0 bridgehead atoms. The highest BCUT2D eigenvalue weighted by atomic mass is 35.5. The molecule has 0 spiro atoms. The van der Waals surface area contributed by atoms with E-state index in [4.69, 9.17) is 16.3 Å². The maximum absolute atomic E-state index is 12.7. The Morgan fingerprint density at radius 2 is 1.40 bits per heavy atom. The summed E-state index contributed by atoms with van der Waals surface area (Å²) in [4.78, 5) is 12.7. The maximum atomic E-state index is 12.7. The lowest BCUT2D eigenvalue weighted by Crippen LogP contribution is -2.19. The van der Waals surface area contributed by atoms with E-state index in [0.717, 1.165) is 16.7 Å². The normalized spacial score (nSPS) is 12.2. The molecule has 0 N–H and O–H groups in total. The third kappa shape index (κ3) is 4.85. The number of rotatable bonds is 2. The van der Waals surface area contributed by atoms with Crippen LogP contribution in [0.2, 0.25) is 5.02 Å². The average molecular weight is 359 g/mol. The molecule has 0 radical (unpaired) electrons. The second-order valence-corrected chi connectivity index (χ2v) is 9.01. The molecule has 2 aromatic carbocycles. The van der Waals surface area contributed by atoms with Gasteiger partial charge in [-0.2, -0.15) is 0 Å². The molecule has 0 saturated carbocycles. The van der Waals surface area contributed by atoms with Gasteiger partial charge in [0.1, 0.15) is 5.75 Å². The first kappa shape index (κ1) is 19.5. The second kappa shape index (κ2) is 6.84. The van der Waals surface area contributed by atoms with Gasteiger partial charge >= 0.3 is 5.97 Å². The molecule has 0 saturated heterocycles. The smallest absolute Gasteiger partial charge is 0.343 e. The molecule has 134 valence electrons. The van der Waals surface area contributed by atoms with Crippen LogP contribution in [-0.4, -0.2) is 5.97 Å². The summed E-state index contributed by atoms with van der Waals surface area (Å²) in [6, 6.07) is 11.3. The third-order valence-electron chi connectivity index (χ3n) is 4.24. The van der Waals surface area contributed by atoms with Crippen molar-refractivity contribution in [2.75, 3.05) is 0 Å². The van der Waals surface area contributed by atoms with E-state index in [-0.39, 0.29) is 16.8 Å². The largest absolute Gasteiger partial charge is 0.423 e. The number of benzene rings is 2. The molecule has 0 amide bonds. The fraction of sp³-hybridized carbons (Fsp3) is 0.409. The molecule has 2 rings (SSSR count). The molecule has 2 nitrogen and oxygen atoms in total. The number of aryl methyl sites for hydroxylation is 1. The van der Waals surface area contributed by atoms with E-state index >= 15 is 0 Å². The van der Waals surface area contributed by atoms with Gasteiger partial charge < -0.3 is 4.74 Å². The summed E-state index contributed by atoms with van der Waals surface area (Å²) in [5.74, 6) is 0.156. The van der Waals surface area contributed by atoms with Crippen LogP contribution in [0.5, 0.6) is 5.75 Å². The first-order chi connectivity index (χ1) is 11.4. The number of ether oxygens (including phenoxy) is 1. The molecule has 0 aliphatic carbocycles. The fourth-order valence-corrected chi connectivity index (χ4v) is 2.58. The number of halogens is 1. The molecule has 0 unspecified atom stereocenters. The van der Waals surface area contributed by atoms with E-state index in [1.165, 1.54) is 0 Å². The molecule has 0 aromatic heterocycles. The van der Waals surface area contributed by atoms with Gasteiger partial charge in [-0.1, -0.05) is 59.2 Å². The minimum absolute atomic E-state index is 0.0485. The lowest BCUT2D eigenvalue weighted by Gasteiger charge is -2.25. The summed E-state index contributed by atoms with van der Waals surface area (Å²) >= 11 is 6.04. The van der Waals surface area contributed by atoms with Gasteiger partial charge in [0.25, 0.3) is 0 Å². The van der Waals surface area contributed by atoms with Crippen molar-refractivity contribution in [1.82, 2.24) is 0 Å². The maximum Gasteiger partial charge on any atom is 0.343 e. The molecule has 0 atom stereocenters. The van der Waals surface area contributed by atoms with Crippen molar-refractivity contribution >= 4 is 17.6 Å². The van der Waals surface area contributed by atoms with Crippen molar-refractivity contribution in [3.05, 3.63) is 63.7 Å². The van der Waals surface area contributed by atoms with Crippen LogP contribution in [0.15, 0.2) is 36.4 Å². The number of carbonyl (C=O) groups is 1. The van der Waals surface area contributed by atoms with Crippen molar-refractivity contribution < 1.29 is 9.53 Å². The van der Waals surface area contributed by atoms with Gasteiger partial charge in [-0.3, -0.25) is 0 Å². The Hall–Kier alpha value is -1.80. The molecule has 2 aromatic rings. The second-order valence-electron chi connectivity index (χ2n) is 8.60. The van der Waals surface area contributed by atoms with Crippen LogP contribution in [0.4, 0.5) is 0 Å². The SMILES string of the molecule is Cc1cc(OC(=O)c2cc(C(C)(C)C)cc(C(C)(C)C)c2)ccc1Cl. The molecule has 0 fully saturated rings. The highest BCUT2D eigenvalue weighted by molar-refractivity contribution is 6.31. The minimum atomic E-state index is -0.349. The number of hydrogen-bond donors (Lipinski definition) is 0. The molecule has 3 heteroatoms. The van der Waals surface area contributed by atoms with Gasteiger partial charge in [0.15, 0.2) is 0 Å². The molecule has 0 aliphatic heterocycles. The lowest BCUT2D eigenvalue weighted by molar-refractivity contribution is 0.0734. The van der Waals surface area contributed by atoms with E-state index in [0.29, 0.717) is 16.3 Å². The van der Waals surface area contributed by atoms with Crippen LogP contribution in [0.1, 0.15) is 68.6 Å². The van der Waals surface area contributed by atoms with Crippen LogP contribution in [0, 0.1) is 6.92 Å². The predicted octanol–water partition coefficient (Wildman–Crippen LogP) is 6.46. The van der Waals surface area contributed by atoms with E-state index in [1.54, 1.807) is 18.2 Å². The van der Waals surface area contributed by atoms with Crippen LogP contribution in [0.3, 0.4) is 0 Å². The van der Waals surface area contributed by atoms with Crippen molar-refractivity contribution in [3.63, 3.8) is 0 Å². The van der Waals surface area contributed by atoms with Crippen LogP contribution in [0.25, 0.3) is 0 Å². The standard InChI is InChI=1S/C22H27ClO2/c1-14-10-18(8-9-19(14)23)25-20(24)15-11-16(21(2,3)4)13-17(12-15)22(5,6)7/h8-13H,1-7H3. The summed E-state index contributed by atoms with van der Waals surface area (Å²) < 4.78 is 5.57. The van der Waals surface area contributed by atoms with Crippen molar-refractivity contribution in [2.45, 2.75) is 59.3 Å². The Morgan fingerprint density at radius 1 is 0.880 bits per heavy atom. The fourth-order valence-electron chi connectivity index (χ4n) is 2.46. The first-order valence-corrected chi connectivity index (χ1v) is 8.90. The van der Waals surface area contributed by atoms with Gasteiger partial charge in [-0.05, 0) is 64.8 Å². The van der Waals surface area contributed by atoms with Crippen LogP contribution >= 0.6 is 11.6 Å². The summed E-state index contributed by atoms with van der Waals surface area (Å²) in [5, 5.41) is 0.657. The topological polar surface area (TPSA) is 26.3 Å². The Balaban J connectivity index is 2.42. The molecular weight excluding hydrogens is 332 g/mol. The zero-order valence-electron chi connectivity index (χ0n) is 16.2. The molecule has 25 heavy (non-hydrogen) atoms. The van der Waals surface area contributed by atoms with Gasteiger partial charge in [-0.15, -0.1) is 0 Å². The summed E-state index contributed by atoms with van der Waals surface area (Å²) in [5.41, 5.74) is 3.61. The Kier molecular flexibility index (Phi) is 5.34. The Labute approximate surface area is 156 Å². The van der Waals surface area contributed by atoms with Crippen molar-refractivity contribution in [3.8, 4) is 5.75 Å². The first-order valence-electron chi connectivity index (χ1n) is 8.52. The third-order valence-corrected chi connectivity index (χ3v) is 4.66. The van der Waals surface area contributed by atoms with E-state index in [1.807, 2.05) is 19.1 Å². The van der Waals surface area contributed by atoms with Gasteiger partial charge in [-0.25, -0.2) is 4.79 Å². The number of esters is 1. The summed E-state index contributed by atoms with van der Waals surface area (Å²) in [6.45, 7) is 14.8. The summed E-state index contributed by atoms with van der Waals surface area (Å²) in [7, 11) is 0. The predicted molar refractivity (Wildman–Crippen MR) is 105 cm³/mol. The zero-order chi connectivity index (χ0) is 19.0. The highest BCUT2D eigenvalue weighted by Gasteiger charge is 2.23.